The van der Waals surface area contributed by atoms with Crippen LogP contribution in [0.4, 0.5) is 79.0 Å². The number of hydrogen-bond acceptors (Lipinski definition) is 4. The first-order valence-electron chi connectivity index (χ1n) is 6.38. The molecule has 0 aromatic rings. The lowest BCUT2D eigenvalue weighted by atomic mass is 10.1. The van der Waals surface area contributed by atoms with Crippen molar-refractivity contribution in [2.45, 2.75) is 48.1 Å². The van der Waals surface area contributed by atoms with Gasteiger partial charge in [0.15, 0.2) is 0 Å². The van der Waals surface area contributed by atoms with Crippen molar-refractivity contribution in [3.05, 3.63) is 0 Å². The largest absolute Gasteiger partial charge is 0.459 e. The van der Waals surface area contributed by atoms with E-state index in [4.69, 9.17) is 0 Å². The highest BCUT2D eigenvalue weighted by Crippen LogP contribution is 2.57. The van der Waals surface area contributed by atoms with Crippen LogP contribution in [0.25, 0.3) is 0 Å². The van der Waals surface area contributed by atoms with Gasteiger partial charge in [-0.3, -0.25) is 19.1 Å². The minimum Gasteiger partial charge on any atom is -0.261 e. The van der Waals surface area contributed by atoms with Crippen LogP contribution in [-0.4, -0.2) is 60.2 Å². The van der Waals surface area contributed by atoms with E-state index in [1.807, 2.05) is 0 Å². The quantitative estimate of drug-likeness (QED) is 0.316. The van der Waals surface area contributed by atoms with Crippen LogP contribution in [0.3, 0.4) is 0 Å². The van der Waals surface area contributed by atoms with E-state index >= 15 is 0 Å². The number of halogens is 18. The Morgan fingerprint density at radius 3 is 0.750 bits per heavy atom. The third kappa shape index (κ3) is 4.55. The summed E-state index contributed by atoms with van der Waals surface area (Å²) in [6.45, 7) is 0. The molecule has 4 nitrogen and oxygen atoms in total. The van der Waals surface area contributed by atoms with Gasteiger partial charge in [-0.25, -0.2) is 0 Å². The van der Waals surface area contributed by atoms with Crippen molar-refractivity contribution in [2.75, 3.05) is 0 Å². The van der Waals surface area contributed by atoms with Crippen molar-refractivity contribution in [3.8, 4) is 0 Å². The van der Waals surface area contributed by atoms with Crippen LogP contribution in [-0.2, 0) is 19.1 Å². The highest BCUT2D eigenvalue weighted by Gasteiger charge is 2.87. The van der Waals surface area contributed by atoms with Crippen LogP contribution >= 0.6 is 0 Å². The summed E-state index contributed by atoms with van der Waals surface area (Å²) in [5, 5.41) is 0. The summed E-state index contributed by atoms with van der Waals surface area (Å²) in [6, 6.07) is -9.57. The van der Waals surface area contributed by atoms with Crippen LogP contribution in [0.5, 0.6) is 0 Å². The fourth-order valence-corrected chi connectivity index (χ4v) is 1.27. The van der Waals surface area contributed by atoms with Crippen molar-refractivity contribution in [3.63, 3.8) is 0 Å². The summed E-state index contributed by atoms with van der Waals surface area (Å²) in [4.78, 5) is 19.7. The molecule has 0 spiro atoms. The molecule has 0 aromatic heterocycles. The topological polar surface area (TPSA) is 52.6 Å². The lowest BCUT2D eigenvalue weighted by Gasteiger charge is -2.38. The lowest BCUT2D eigenvalue weighted by molar-refractivity contribution is -0.509. The second-order valence-electron chi connectivity index (χ2n) is 5.12. The van der Waals surface area contributed by atoms with Gasteiger partial charge in [0.05, 0.1) is 0 Å². The van der Waals surface area contributed by atoms with Gasteiger partial charge in [-0.2, -0.15) is 79.0 Å². The zero-order valence-electron chi connectivity index (χ0n) is 13.4. The van der Waals surface area contributed by atoms with Gasteiger partial charge in [0.25, 0.3) is 0 Å². The average molecular weight is 526 g/mol. The van der Waals surface area contributed by atoms with Gasteiger partial charge in [0, 0.05) is 0 Å². The Morgan fingerprint density at radius 2 is 0.625 bits per heavy atom. The monoisotopic (exact) mass is 526 g/mol. The molecule has 0 saturated heterocycles. The zero-order valence-corrected chi connectivity index (χ0v) is 13.4. The van der Waals surface area contributed by atoms with E-state index in [1.54, 1.807) is 0 Å². The van der Waals surface area contributed by atoms with Crippen molar-refractivity contribution < 1.29 is 98.1 Å². The van der Waals surface area contributed by atoms with Crippen LogP contribution in [0, 0.1) is 0 Å². The molecule has 2 atom stereocenters. The van der Waals surface area contributed by atoms with Crippen molar-refractivity contribution >= 4 is 12.1 Å². The van der Waals surface area contributed by atoms with Crippen molar-refractivity contribution in [1.29, 1.82) is 0 Å². The van der Waals surface area contributed by atoms with Gasteiger partial charge in [0.1, 0.15) is 0 Å². The third-order valence-electron chi connectivity index (χ3n) is 2.90. The maximum Gasteiger partial charge on any atom is 0.459 e. The first-order chi connectivity index (χ1) is 13.6. The molecule has 0 amide bonds. The molecule has 32 heavy (non-hydrogen) atoms. The first kappa shape index (κ1) is 30.0. The summed E-state index contributed by atoms with van der Waals surface area (Å²) in [7, 11) is 0. The van der Waals surface area contributed by atoms with Crippen LogP contribution < -0.4 is 0 Å². The Bertz CT molecular complexity index is 677. The van der Waals surface area contributed by atoms with Gasteiger partial charge in [-0.05, 0) is 0 Å². The summed E-state index contributed by atoms with van der Waals surface area (Å²) in [5.74, 6) is -31.3. The third-order valence-corrected chi connectivity index (χ3v) is 2.90. The minimum atomic E-state index is -8.42. The Hall–Kier alpha value is -2.00. The number of carbonyl (C=O) groups excluding carboxylic acids is 2. The van der Waals surface area contributed by atoms with Gasteiger partial charge in [-0.1, -0.05) is 0 Å². The second kappa shape index (κ2) is 7.80. The van der Waals surface area contributed by atoms with Gasteiger partial charge < -0.3 is 0 Å². The molecule has 22 heteroatoms. The summed E-state index contributed by atoms with van der Waals surface area (Å²) in [5.41, 5.74) is 0. The second-order valence-corrected chi connectivity index (χ2v) is 5.12. The molecule has 2 unspecified atom stereocenters. The Kier molecular flexibility index (Phi) is 7.31. The Balaban J connectivity index is 6.54. The van der Waals surface area contributed by atoms with E-state index in [9.17, 15) is 88.6 Å². The maximum atomic E-state index is 13.2. The number of ether oxygens (including phenoxy) is 2. The van der Waals surface area contributed by atoms with E-state index in [2.05, 4.69) is 0 Å². The Labute approximate surface area is 160 Å². The summed E-state index contributed by atoms with van der Waals surface area (Å²) >= 11 is 0. The summed E-state index contributed by atoms with van der Waals surface area (Å²) in [6.07, 6.45) is -31.0. The van der Waals surface area contributed by atoms with E-state index in [1.165, 1.54) is 9.47 Å². The number of rotatable bonds is 9. The molecule has 0 aromatic carbocycles. The van der Waals surface area contributed by atoms with Crippen LogP contribution in [0.15, 0.2) is 0 Å². The average Bonchev–Trinajstić information content (AvgIpc) is 2.50. The molecule has 0 rings (SSSR count). The van der Waals surface area contributed by atoms with Gasteiger partial charge >= 0.3 is 60.2 Å². The highest BCUT2D eigenvalue weighted by atomic mass is 19.4. The molecule has 190 valence electrons. The number of carbonyl (C=O) groups is 2. The van der Waals surface area contributed by atoms with Gasteiger partial charge in [0.2, 0.25) is 0 Å². The predicted octanol–water partition coefficient (Wildman–Crippen LogP) is 4.92. The molecular weight excluding hydrogens is 526 g/mol. The van der Waals surface area contributed by atoms with Crippen LogP contribution in [0.2, 0.25) is 0 Å². The van der Waals surface area contributed by atoms with E-state index < -0.39 is 60.2 Å². The zero-order chi connectivity index (χ0) is 26.6. The standard InChI is InChI=1S/C10F18O4/c11-1(29)3(13,7(19,20)21)31-9(25,26)5(15,16)6(17,18)10(27,28)32-4(14,2(12)30)8(22,23)24. The molecule has 0 saturated carbocycles. The van der Waals surface area contributed by atoms with Crippen molar-refractivity contribution in [2.24, 2.45) is 0 Å². The Morgan fingerprint density at radius 1 is 0.438 bits per heavy atom. The molecule has 0 aliphatic rings. The minimum absolute atomic E-state index is 1.32. The molecule has 0 aliphatic heterocycles. The normalized spacial score (nSPS) is 18.7. The molecule has 0 N–H and O–H groups in total. The van der Waals surface area contributed by atoms with Crippen molar-refractivity contribution in [1.82, 2.24) is 0 Å². The van der Waals surface area contributed by atoms with E-state index in [0.29, 0.717) is 0 Å². The molecule has 0 bridgehead atoms. The van der Waals surface area contributed by atoms with Gasteiger partial charge in [-0.15, -0.1) is 0 Å². The molecule has 0 aliphatic carbocycles. The maximum absolute atomic E-state index is 13.2. The first-order valence-corrected chi connectivity index (χ1v) is 6.38. The molecule has 0 fully saturated rings. The molecule has 0 heterocycles. The summed E-state index contributed by atoms with van der Waals surface area (Å²) < 4.78 is 231. The lowest BCUT2D eigenvalue weighted by Crippen LogP contribution is -2.68. The SMILES string of the molecule is O=C(F)C(F)(OC(F)(F)C(F)(F)C(F)(F)C(F)(F)OC(F)(C(=O)F)C(F)(F)F)C(F)(F)F. The number of hydrogen-bond donors (Lipinski definition) is 0. The predicted molar refractivity (Wildman–Crippen MR) is 54.0 cm³/mol. The highest BCUT2D eigenvalue weighted by molar-refractivity contribution is 5.78. The molecular formula is C10F18O4. The fourth-order valence-electron chi connectivity index (χ4n) is 1.27. The number of alkyl halides is 16. The van der Waals surface area contributed by atoms with E-state index in [0.717, 1.165) is 0 Å². The van der Waals surface area contributed by atoms with Crippen LogP contribution in [0.1, 0.15) is 0 Å². The van der Waals surface area contributed by atoms with E-state index in [-0.39, 0.29) is 0 Å². The molecule has 0 radical (unpaired) electrons. The smallest absolute Gasteiger partial charge is 0.261 e. The fraction of sp³-hybridized carbons (Fsp3) is 0.800.